The molecule has 0 saturated carbocycles. The van der Waals surface area contributed by atoms with E-state index in [0.29, 0.717) is 25.3 Å². The zero-order chi connectivity index (χ0) is 24.1. The Bertz CT molecular complexity index is 1280. The zero-order valence-electron chi connectivity index (χ0n) is 18.2. The van der Waals surface area contributed by atoms with Gasteiger partial charge in [-0.05, 0) is 60.5 Å². The summed E-state index contributed by atoms with van der Waals surface area (Å²) in [5.41, 5.74) is 1.57. The van der Waals surface area contributed by atoms with Crippen LogP contribution in [-0.4, -0.2) is 29.0 Å². The van der Waals surface area contributed by atoms with Crippen LogP contribution in [0.4, 0.5) is 14.9 Å². The molecule has 7 nitrogen and oxygen atoms in total. The SMILES string of the molecule is C=CCc1ccccc1OCCn1cccc1/C=C1/C(=O)NC(=O)N(c2ccc(F)cc2)C1=O. The highest BCUT2D eigenvalue weighted by molar-refractivity contribution is 6.39. The maximum absolute atomic E-state index is 13.3. The van der Waals surface area contributed by atoms with E-state index in [2.05, 4.69) is 11.9 Å². The van der Waals surface area contributed by atoms with Gasteiger partial charge in [0.25, 0.3) is 11.8 Å². The molecule has 1 N–H and O–H groups in total. The summed E-state index contributed by atoms with van der Waals surface area (Å²) in [4.78, 5) is 38.5. The Hall–Kier alpha value is -4.46. The first kappa shape index (κ1) is 22.7. The van der Waals surface area contributed by atoms with Crippen LogP contribution < -0.4 is 15.0 Å². The smallest absolute Gasteiger partial charge is 0.335 e. The number of aromatic nitrogens is 1. The fraction of sp³-hybridized carbons (Fsp3) is 0.115. The minimum absolute atomic E-state index is 0.157. The molecule has 1 aliphatic heterocycles. The second-order valence-electron chi connectivity index (χ2n) is 7.51. The highest BCUT2D eigenvalue weighted by Crippen LogP contribution is 2.23. The number of rotatable bonds is 8. The Labute approximate surface area is 195 Å². The standard InChI is InChI=1S/C26H22FN3O4/c1-2-6-18-7-3-4-9-23(18)34-16-15-29-14-5-8-21(29)17-22-24(31)28-26(33)30(25(22)32)20-12-10-19(27)11-13-20/h2-5,7-14,17H,1,6,15-16H2,(H,28,31,33)/b22-17-. The van der Waals surface area contributed by atoms with Gasteiger partial charge in [-0.2, -0.15) is 0 Å². The van der Waals surface area contributed by atoms with Gasteiger partial charge in [-0.1, -0.05) is 24.3 Å². The van der Waals surface area contributed by atoms with E-state index in [1.807, 2.05) is 34.9 Å². The summed E-state index contributed by atoms with van der Waals surface area (Å²) in [6, 6.07) is 15.2. The maximum atomic E-state index is 13.3. The lowest BCUT2D eigenvalue weighted by Crippen LogP contribution is -2.54. The highest BCUT2D eigenvalue weighted by atomic mass is 19.1. The lowest BCUT2D eigenvalue weighted by Gasteiger charge is -2.26. The van der Waals surface area contributed by atoms with Crippen molar-refractivity contribution in [3.63, 3.8) is 0 Å². The maximum Gasteiger partial charge on any atom is 0.335 e. The van der Waals surface area contributed by atoms with Gasteiger partial charge in [-0.15, -0.1) is 6.58 Å². The number of carbonyl (C=O) groups excluding carboxylic acids is 3. The molecule has 0 unspecified atom stereocenters. The average Bonchev–Trinajstić information content (AvgIpc) is 3.26. The van der Waals surface area contributed by atoms with Crippen LogP contribution in [0.3, 0.4) is 0 Å². The molecule has 2 aromatic carbocycles. The van der Waals surface area contributed by atoms with E-state index in [0.717, 1.165) is 28.3 Å². The van der Waals surface area contributed by atoms with Crippen LogP contribution in [-0.2, 0) is 22.6 Å². The number of anilines is 1. The molecule has 1 fully saturated rings. The van der Waals surface area contributed by atoms with Crippen molar-refractivity contribution in [2.45, 2.75) is 13.0 Å². The van der Waals surface area contributed by atoms with Crippen LogP contribution in [0.2, 0.25) is 0 Å². The van der Waals surface area contributed by atoms with Gasteiger partial charge < -0.3 is 9.30 Å². The summed E-state index contributed by atoms with van der Waals surface area (Å²) >= 11 is 0. The molecule has 8 heteroatoms. The van der Waals surface area contributed by atoms with Gasteiger partial charge >= 0.3 is 6.03 Å². The normalized spacial score (nSPS) is 14.9. The minimum atomic E-state index is -0.888. The van der Waals surface area contributed by atoms with Gasteiger partial charge in [0.2, 0.25) is 0 Å². The van der Waals surface area contributed by atoms with Crippen molar-refractivity contribution < 1.29 is 23.5 Å². The Morgan fingerprint density at radius 3 is 2.53 bits per heavy atom. The largest absolute Gasteiger partial charge is 0.491 e. The topological polar surface area (TPSA) is 80.6 Å². The second kappa shape index (κ2) is 9.99. The molecule has 2 heterocycles. The van der Waals surface area contributed by atoms with Gasteiger partial charge in [0, 0.05) is 11.9 Å². The van der Waals surface area contributed by atoms with Crippen molar-refractivity contribution in [1.82, 2.24) is 9.88 Å². The Balaban J connectivity index is 1.52. The molecule has 1 aliphatic rings. The molecule has 4 rings (SSSR count). The lowest BCUT2D eigenvalue weighted by molar-refractivity contribution is -0.122. The zero-order valence-corrected chi connectivity index (χ0v) is 18.2. The van der Waals surface area contributed by atoms with Crippen LogP contribution >= 0.6 is 0 Å². The summed E-state index contributed by atoms with van der Waals surface area (Å²) in [6.45, 7) is 4.59. The fourth-order valence-electron chi connectivity index (χ4n) is 3.61. The first-order chi connectivity index (χ1) is 16.5. The first-order valence-electron chi connectivity index (χ1n) is 10.6. The summed E-state index contributed by atoms with van der Waals surface area (Å²) in [6.07, 6.45) is 5.73. The molecule has 0 spiro atoms. The molecule has 1 saturated heterocycles. The van der Waals surface area contributed by atoms with Crippen molar-refractivity contribution >= 4 is 29.6 Å². The third-order valence-electron chi connectivity index (χ3n) is 5.27. The van der Waals surface area contributed by atoms with Gasteiger partial charge in [-0.25, -0.2) is 14.1 Å². The number of nitrogens with zero attached hydrogens (tertiary/aromatic N) is 2. The molecule has 172 valence electrons. The molecule has 1 aromatic heterocycles. The third kappa shape index (κ3) is 4.80. The number of hydrogen-bond donors (Lipinski definition) is 1. The lowest BCUT2D eigenvalue weighted by atomic mass is 10.1. The van der Waals surface area contributed by atoms with Crippen molar-refractivity contribution in [2.75, 3.05) is 11.5 Å². The summed E-state index contributed by atoms with van der Waals surface area (Å²) < 4.78 is 21.0. The first-order valence-corrected chi connectivity index (χ1v) is 10.6. The van der Waals surface area contributed by atoms with Gasteiger partial charge in [0.1, 0.15) is 23.7 Å². The van der Waals surface area contributed by atoms with Crippen molar-refractivity contribution in [3.05, 3.63) is 102 Å². The van der Waals surface area contributed by atoms with E-state index in [4.69, 9.17) is 4.74 Å². The Morgan fingerprint density at radius 2 is 1.76 bits per heavy atom. The number of allylic oxidation sites excluding steroid dienone is 1. The van der Waals surface area contributed by atoms with Gasteiger partial charge in [-0.3, -0.25) is 14.9 Å². The Morgan fingerprint density at radius 1 is 1.00 bits per heavy atom. The number of barbiturate groups is 1. The number of hydrogen-bond acceptors (Lipinski definition) is 4. The van der Waals surface area contributed by atoms with E-state index < -0.39 is 23.7 Å². The molecule has 0 aliphatic carbocycles. The van der Waals surface area contributed by atoms with Crippen molar-refractivity contribution in [3.8, 4) is 5.75 Å². The van der Waals surface area contributed by atoms with Gasteiger partial charge in [0.15, 0.2) is 0 Å². The second-order valence-corrected chi connectivity index (χ2v) is 7.51. The highest BCUT2D eigenvalue weighted by Gasteiger charge is 2.37. The fourth-order valence-corrected chi connectivity index (χ4v) is 3.61. The number of urea groups is 1. The number of carbonyl (C=O) groups is 3. The monoisotopic (exact) mass is 459 g/mol. The predicted octanol–water partition coefficient (Wildman–Crippen LogP) is 4.10. The number of nitrogens with one attached hydrogen (secondary N) is 1. The molecule has 0 bridgehead atoms. The predicted molar refractivity (Wildman–Crippen MR) is 126 cm³/mol. The van der Waals surface area contributed by atoms with E-state index in [9.17, 15) is 18.8 Å². The van der Waals surface area contributed by atoms with Crippen LogP contribution in [0.15, 0.2) is 85.1 Å². The van der Waals surface area contributed by atoms with Gasteiger partial charge in [0.05, 0.1) is 12.2 Å². The number of imide groups is 2. The quantitative estimate of drug-likeness (QED) is 0.312. The Kier molecular flexibility index (Phi) is 6.68. The number of ether oxygens (including phenoxy) is 1. The average molecular weight is 459 g/mol. The van der Waals surface area contributed by atoms with E-state index in [-0.39, 0.29) is 11.3 Å². The van der Waals surface area contributed by atoms with E-state index >= 15 is 0 Å². The number of halogens is 1. The van der Waals surface area contributed by atoms with E-state index in [1.165, 1.54) is 18.2 Å². The summed E-state index contributed by atoms with van der Waals surface area (Å²) in [5.74, 6) is -1.32. The number of benzene rings is 2. The van der Waals surface area contributed by atoms with Crippen molar-refractivity contribution in [1.29, 1.82) is 0 Å². The summed E-state index contributed by atoms with van der Waals surface area (Å²) in [7, 11) is 0. The molecule has 0 atom stereocenters. The molecular formula is C26H22FN3O4. The van der Waals surface area contributed by atoms with E-state index in [1.54, 1.807) is 18.3 Å². The number of para-hydroxylation sites is 1. The van der Waals surface area contributed by atoms with Crippen LogP contribution in [0.25, 0.3) is 6.08 Å². The molecule has 3 aromatic rings. The van der Waals surface area contributed by atoms with Crippen LogP contribution in [0.5, 0.6) is 5.75 Å². The summed E-state index contributed by atoms with van der Waals surface area (Å²) in [5, 5.41) is 2.16. The van der Waals surface area contributed by atoms with Crippen LogP contribution in [0, 0.1) is 5.82 Å². The third-order valence-corrected chi connectivity index (χ3v) is 5.27. The molecule has 0 radical (unpaired) electrons. The minimum Gasteiger partial charge on any atom is -0.491 e. The molecule has 34 heavy (non-hydrogen) atoms. The van der Waals surface area contributed by atoms with Crippen molar-refractivity contribution in [2.24, 2.45) is 0 Å². The van der Waals surface area contributed by atoms with Crippen LogP contribution in [0.1, 0.15) is 11.3 Å². The molecule has 4 amide bonds. The number of amides is 4. The molecular weight excluding hydrogens is 437 g/mol.